The molecule has 2 heterocycles. The quantitative estimate of drug-likeness (QED) is 0.785. The maximum absolute atomic E-state index is 5.74. The predicted molar refractivity (Wildman–Crippen MR) is 73.1 cm³/mol. The van der Waals surface area contributed by atoms with Gasteiger partial charge in [0.25, 0.3) is 0 Å². The van der Waals surface area contributed by atoms with Gasteiger partial charge in [-0.25, -0.2) is 0 Å². The van der Waals surface area contributed by atoms with Gasteiger partial charge in [0.1, 0.15) is 12.1 Å². The van der Waals surface area contributed by atoms with E-state index in [-0.39, 0.29) is 6.10 Å². The molecule has 2 aliphatic heterocycles. The Morgan fingerprint density at radius 1 is 1.05 bits per heavy atom. The van der Waals surface area contributed by atoms with Gasteiger partial charge in [-0.3, -0.25) is 0 Å². The van der Waals surface area contributed by atoms with Crippen molar-refractivity contribution >= 4 is 21.6 Å². The third kappa shape index (κ3) is 1.22. The number of fused-ring (bicyclic) bond motifs is 8. The van der Waals surface area contributed by atoms with Crippen LogP contribution in [0.25, 0.3) is 0 Å². The van der Waals surface area contributed by atoms with Crippen LogP contribution in [0.15, 0.2) is 44.1 Å². The summed E-state index contributed by atoms with van der Waals surface area (Å²) < 4.78 is 1.09. The molecule has 0 N–H and O–H groups in total. The summed E-state index contributed by atoms with van der Waals surface area (Å²) in [5.41, 5.74) is 2.29. The Morgan fingerprint density at radius 2 is 1.79 bits per heavy atom. The van der Waals surface area contributed by atoms with Gasteiger partial charge in [0.05, 0.1) is 17.7 Å². The van der Waals surface area contributed by atoms with Gasteiger partial charge in [-0.2, -0.15) is 10.2 Å². The molecule has 1 aromatic carbocycles. The standard InChI is InChI=1S/C14H12BrN3O/c15-7-3-1-6(2-4-7)11-10-8-5-9(14(10)19-18-11)13-12(8)16-17-13/h1-4,8-10,12-14H,5H2. The van der Waals surface area contributed by atoms with Gasteiger partial charge in [-0.1, -0.05) is 33.2 Å². The van der Waals surface area contributed by atoms with Crippen molar-refractivity contribution in [1.82, 2.24) is 0 Å². The summed E-state index contributed by atoms with van der Waals surface area (Å²) in [7, 11) is 0. The minimum absolute atomic E-state index is 0.240. The lowest BCUT2D eigenvalue weighted by atomic mass is 9.76. The van der Waals surface area contributed by atoms with Gasteiger partial charge in [0.15, 0.2) is 0 Å². The number of azo groups is 1. The van der Waals surface area contributed by atoms with Crippen molar-refractivity contribution in [2.45, 2.75) is 24.6 Å². The van der Waals surface area contributed by atoms with Crippen molar-refractivity contribution in [3.63, 3.8) is 0 Å². The molecule has 6 unspecified atom stereocenters. The number of benzene rings is 1. The Hall–Kier alpha value is -1.23. The van der Waals surface area contributed by atoms with Crippen molar-refractivity contribution in [3.05, 3.63) is 34.3 Å². The fourth-order valence-corrected chi connectivity index (χ4v) is 4.50. The highest BCUT2D eigenvalue weighted by atomic mass is 79.9. The normalized spacial score (nSPS) is 44.4. The maximum atomic E-state index is 5.74. The summed E-state index contributed by atoms with van der Waals surface area (Å²) in [6, 6.07) is 9.20. The zero-order chi connectivity index (χ0) is 12.6. The average Bonchev–Trinajstić information content (AvgIpc) is 2.98. The van der Waals surface area contributed by atoms with Crippen molar-refractivity contribution in [2.24, 2.45) is 33.1 Å². The van der Waals surface area contributed by atoms with Crippen LogP contribution in [0.1, 0.15) is 12.0 Å². The van der Waals surface area contributed by atoms with Crippen molar-refractivity contribution in [1.29, 1.82) is 0 Å². The minimum atomic E-state index is 0.240. The van der Waals surface area contributed by atoms with Crippen LogP contribution in [-0.4, -0.2) is 23.9 Å². The molecule has 6 atom stereocenters. The first-order valence-corrected chi connectivity index (χ1v) is 7.52. The fraction of sp³-hybridized carbons (Fsp3) is 0.500. The molecule has 5 heteroatoms. The number of oxime groups is 1. The number of hydrogen-bond acceptors (Lipinski definition) is 4. The molecule has 2 saturated carbocycles. The van der Waals surface area contributed by atoms with Gasteiger partial charge < -0.3 is 4.84 Å². The van der Waals surface area contributed by atoms with Gasteiger partial charge in [0.2, 0.25) is 0 Å². The third-order valence-corrected chi connectivity index (χ3v) is 5.60. The lowest BCUT2D eigenvalue weighted by Gasteiger charge is -2.36. The molecule has 2 fully saturated rings. The lowest BCUT2D eigenvalue weighted by Crippen LogP contribution is -2.47. The van der Waals surface area contributed by atoms with Crippen LogP contribution in [0, 0.1) is 17.8 Å². The first-order valence-electron chi connectivity index (χ1n) is 6.72. The number of hydrogen-bond donors (Lipinski definition) is 0. The van der Waals surface area contributed by atoms with Crippen LogP contribution in [0.2, 0.25) is 0 Å². The molecule has 2 bridgehead atoms. The molecule has 1 aromatic rings. The van der Waals surface area contributed by atoms with Crippen molar-refractivity contribution < 1.29 is 4.84 Å². The molecule has 0 aromatic heterocycles. The van der Waals surface area contributed by atoms with Crippen molar-refractivity contribution in [2.75, 3.05) is 0 Å². The zero-order valence-electron chi connectivity index (χ0n) is 10.1. The van der Waals surface area contributed by atoms with E-state index in [1.54, 1.807) is 0 Å². The van der Waals surface area contributed by atoms with Crippen LogP contribution in [0.5, 0.6) is 0 Å². The highest BCUT2D eigenvalue weighted by molar-refractivity contribution is 9.10. The molecule has 96 valence electrons. The van der Waals surface area contributed by atoms with Gasteiger partial charge >= 0.3 is 0 Å². The summed E-state index contributed by atoms with van der Waals surface area (Å²) in [4.78, 5) is 5.74. The first-order chi connectivity index (χ1) is 9.33. The second-order valence-electron chi connectivity index (χ2n) is 5.85. The van der Waals surface area contributed by atoms with Crippen LogP contribution in [0.3, 0.4) is 0 Å². The van der Waals surface area contributed by atoms with E-state index in [0.29, 0.717) is 29.8 Å². The van der Waals surface area contributed by atoms with E-state index in [9.17, 15) is 0 Å². The molecule has 2 aliphatic carbocycles. The number of nitrogens with zero attached hydrogens (tertiary/aromatic N) is 3. The molecule has 0 spiro atoms. The summed E-state index contributed by atoms with van der Waals surface area (Å²) in [5.74, 6) is 1.54. The van der Waals surface area contributed by atoms with Gasteiger partial charge in [-0.05, 0) is 30.0 Å². The zero-order valence-corrected chi connectivity index (χ0v) is 11.7. The molecule has 19 heavy (non-hydrogen) atoms. The average molecular weight is 318 g/mol. The predicted octanol–water partition coefficient (Wildman–Crippen LogP) is 3.02. The Labute approximate surface area is 119 Å². The van der Waals surface area contributed by atoms with Crippen LogP contribution in [0.4, 0.5) is 0 Å². The molecule has 4 aliphatic rings. The van der Waals surface area contributed by atoms with Gasteiger partial charge in [0, 0.05) is 10.4 Å². The van der Waals surface area contributed by atoms with E-state index in [2.05, 4.69) is 55.6 Å². The molecule has 0 radical (unpaired) electrons. The molecular weight excluding hydrogens is 306 g/mol. The third-order valence-electron chi connectivity index (χ3n) is 5.07. The van der Waals surface area contributed by atoms with E-state index in [1.807, 2.05) is 0 Å². The molecule has 0 saturated heterocycles. The van der Waals surface area contributed by atoms with Crippen LogP contribution >= 0.6 is 15.9 Å². The van der Waals surface area contributed by atoms with Crippen molar-refractivity contribution in [3.8, 4) is 0 Å². The van der Waals surface area contributed by atoms with E-state index in [1.165, 1.54) is 12.0 Å². The number of halogens is 1. The maximum Gasteiger partial charge on any atom is 0.141 e. The molecule has 0 amide bonds. The van der Waals surface area contributed by atoms with E-state index in [4.69, 9.17) is 4.84 Å². The topological polar surface area (TPSA) is 46.3 Å². The SMILES string of the molecule is Brc1ccc(C2=NOC3C4CC(C5N=NC45)C23)cc1. The molecule has 4 nitrogen and oxygen atoms in total. The smallest absolute Gasteiger partial charge is 0.141 e. The minimum Gasteiger partial charge on any atom is -0.391 e. The summed E-state index contributed by atoms with van der Waals surface area (Å²) in [6.07, 6.45) is 1.44. The lowest BCUT2D eigenvalue weighted by molar-refractivity contribution is 0.00785. The van der Waals surface area contributed by atoms with E-state index < -0.39 is 0 Å². The Balaban J connectivity index is 1.53. The Kier molecular flexibility index (Phi) is 1.91. The highest BCUT2D eigenvalue weighted by Gasteiger charge is 2.65. The van der Waals surface area contributed by atoms with E-state index in [0.717, 1.165) is 10.2 Å². The van der Waals surface area contributed by atoms with Crippen LogP contribution in [-0.2, 0) is 4.84 Å². The Bertz CT molecular complexity index is 612. The molecule has 5 rings (SSSR count). The highest BCUT2D eigenvalue weighted by Crippen LogP contribution is 2.58. The van der Waals surface area contributed by atoms with Gasteiger partial charge in [-0.15, -0.1) is 0 Å². The Morgan fingerprint density at radius 3 is 2.53 bits per heavy atom. The largest absolute Gasteiger partial charge is 0.391 e. The second-order valence-corrected chi connectivity index (χ2v) is 6.77. The second kappa shape index (κ2) is 3.45. The summed E-state index contributed by atoms with van der Waals surface area (Å²) in [6.45, 7) is 0. The summed E-state index contributed by atoms with van der Waals surface area (Å²) in [5, 5.41) is 13.0. The van der Waals surface area contributed by atoms with E-state index >= 15 is 0 Å². The fourth-order valence-electron chi connectivity index (χ4n) is 4.24. The monoisotopic (exact) mass is 317 g/mol. The van der Waals surface area contributed by atoms with Crippen LogP contribution < -0.4 is 0 Å². The number of rotatable bonds is 1. The first kappa shape index (κ1) is 10.5. The molecular formula is C14H12BrN3O. The summed E-state index contributed by atoms with van der Waals surface area (Å²) >= 11 is 3.47.